The lowest BCUT2D eigenvalue weighted by molar-refractivity contribution is -0.384. The summed E-state index contributed by atoms with van der Waals surface area (Å²) in [5.41, 5.74) is 0.542. The monoisotopic (exact) mass is 269 g/mol. The minimum atomic E-state index is -0.506. The Morgan fingerprint density at radius 2 is 2.17 bits per heavy atom. The van der Waals surface area contributed by atoms with E-state index in [1.165, 1.54) is 12.1 Å². The van der Waals surface area contributed by atoms with Crippen molar-refractivity contribution < 1.29 is 9.66 Å². The zero-order chi connectivity index (χ0) is 13.0. The molecule has 0 N–H and O–H groups in total. The number of rotatable bonds is 3. The Morgan fingerprint density at radius 1 is 1.44 bits per heavy atom. The maximum Gasteiger partial charge on any atom is 0.288 e. The van der Waals surface area contributed by atoms with Crippen LogP contribution < -0.4 is 0 Å². The SMILES string of the molecule is O=[N+]([O-])c1cc(/C=N/N2CCOCC2)ccc1Cl. The lowest BCUT2D eigenvalue weighted by Crippen LogP contribution is -2.32. The third-order valence-corrected chi connectivity index (χ3v) is 2.84. The molecular formula is C11H12ClN3O3. The lowest BCUT2D eigenvalue weighted by atomic mass is 10.2. The lowest BCUT2D eigenvalue weighted by Gasteiger charge is -2.23. The van der Waals surface area contributed by atoms with Gasteiger partial charge in [0.25, 0.3) is 5.69 Å². The van der Waals surface area contributed by atoms with Crippen LogP contribution >= 0.6 is 11.6 Å². The predicted molar refractivity (Wildman–Crippen MR) is 68.1 cm³/mol. The van der Waals surface area contributed by atoms with Crippen molar-refractivity contribution in [1.82, 2.24) is 5.01 Å². The van der Waals surface area contributed by atoms with E-state index in [0.29, 0.717) is 18.8 Å². The summed E-state index contributed by atoms with van der Waals surface area (Å²) in [6.07, 6.45) is 1.59. The number of hydrazone groups is 1. The number of ether oxygens (including phenoxy) is 1. The molecule has 0 radical (unpaired) electrons. The first-order valence-corrected chi connectivity index (χ1v) is 5.85. The van der Waals surface area contributed by atoms with Crippen molar-refractivity contribution in [1.29, 1.82) is 0 Å². The molecule has 1 heterocycles. The van der Waals surface area contributed by atoms with Crippen LogP contribution in [0.4, 0.5) is 5.69 Å². The third-order valence-electron chi connectivity index (χ3n) is 2.52. The molecule has 1 aliphatic heterocycles. The van der Waals surface area contributed by atoms with Crippen LogP contribution in [0.5, 0.6) is 0 Å². The van der Waals surface area contributed by atoms with Gasteiger partial charge in [-0.25, -0.2) is 0 Å². The van der Waals surface area contributed by atoms with Crippen molar-refractivity contribution in [2.75, 3.05) is 26.3 Å². The number of nitro benzene ring substituents is 1. The summed E-state index contributed by atoms with van der Waals surface area (Å²) in [7, 11) is 0. The van der Waals surface area contributed by atoms with Crippen molar-refractivity contribution in [2.24, 2.45) is 5.10 Å². The van der Waals surface area contributed by atoms with E-state index in [2.05, 4.69) is 5.10 Å². The predicted octanol–water partition coefficient (Wildman–Crippen LogP) is 1.91. The number of nitrogens with zero attached hydrogens (tertiary/aromatic N) is 3. The quantitative estimate of drug-likeness (QED) is 0.478. The molecule has 0 amide bonds. The molecule has 0 unspecified atom stereocenters. The van der Waals surface area contributed by atoms with Gasteiger partial charge in [0, 0.05) is 11.6 Å². The van der Waals surface area contributed by atoms with E-state index in [9.17, 15) is 10.1 Å². The van der Waals surface area contributed by atoms with Gasteiger partial charge in [0.15, 0.2) is 0 Å². The average molecular weight is 270 g/mol. The first-order valence-electron chi connectivity index (χ1n) is 5.47. The molecule has 0 bridgehead atoms. The summed E-state index contributed by atoms with van der Waals surface area (Å²) in [6, 6.07) is 4.60. The highest BCUT2D eigenvalue weighted by atomic mass is 35.5. The average Bonchev–Trinajstić information content (AvgIpc) is 2.38. The summed E-state index contributed by atoms with van der Waals surface area (Å²) >= 11 is 5.73. The zero-order valence-electron chi connectivity index (χ0n) is 9.58. The summed E-state index contributed by atoms with van der Waals surface area (Å²) in [6.45, 7) is 2.76. The molecule has 6 nitrogen and oxygen atoms in total. The second kappa shape index (κ2) is 5.79. The van der Waals surface area contributed by atoms with Gasteiger partial charge in [-0.05, 0) is 6.07 Å². The van der Waals surface area contributed by atoms with Gasteiger partial charge in [0.05, 0.1) is 37.4 Å². The molecule has 1 aromatic carbocycles. The highest BCUT2D eigenvalue weighted by molar-refractivity contribution is 6.32. The van der Waals surface area contributed by atoms with Crippen LogP contribution in [-0.2, 0) is 4.74 Å². The van der Waals surface area contributed by atoms with E-state index < -0.39 is 4.92 Å². The second-order valence-corrected chi connectivity index (χ2v) is 4.19. The summed E-state index contributed by atoms with van der Waals surface area (Å²) in [5.74, 6) is 0. The molecule has 2 rings (SSSR count). The van der Waals surface area contributed by atoms with E-state index >= 15 is 0 Å². The largest absolute Gasteiger partial charge is 0.378 e. The number of hydrogen-bond donors (Lipinski definition) is 0. The minimum Gasteiger partial charge on any atom is -0.378 e. The number of nitro groups is 1. The van der Waals surface area contributed by atoms with Crippen molar-refractivity contribution in [3.05, 3.63) is 38.9 Å². The Hall–Kier alpha value is -1.66. The minimum absolute atomic E-state index is 0.109. The maximum atomic E-state index is 10.7. The second-order valence-electron chi connectivity index (χ2n) is 3.78. The molecule has 1 aliphatic rings. The third kappa shape index (κ3) is 3.18. The number of hydrogen-bond acceptors (Lipinski definition) is 5. The Balaban J connectivity index is 2.11. The molecule has 0 spiro atoms. The van der Waals surface area contributed by atoms with Gasteiger partial charge in [-0.15, -0.1) is 0 Å². The van der Waals surface area contributed by atoms with Gasteiger partial charge in [-0.2, -0.15) is 5.10 Å². The molecule has 0 aromatic heterocycles. The standard InChI is InChI=1S/C11H12ClN3O3/c12-10-2-1-9(7-11(10)15(16)17)8-13-14-3-5-18-6-4-14/h1-2,7-8H,3-6H2/b13-8+. The van der Waals surface area contributed by atoms with Crippen LogP contribution in [0.3, 0.4) is 0 Å². The van der Waals surface area contributed by atoms with Crippen LogP contribution in [0.2, 0.25) is 5.02 Å². The molecule has 96 valence electrons. The number of morpholine rings is 1. The Labute approximate surface area is 109 Å². The van der Waals surface area contributed by atoms with Gasteiger partial charge < -0.3 is 4.74 Å². The van der Waals surface area contributed by atoms with Gasteiger partial charge in [-0.1, -0.05) is 17.7 Å². The van der Waals surface area contributed by atoms with Crippen LogP contribution in [0, 0.1) is 10.1 Å². The van der Waals surface area contributed by atoms with E-state index in [1.54, 1.807) is 12.3 Å². The molecule has 1 saturated heterocycles. The fourth-order valence-corrected chi connectivity index (χ4v) is 1.75. The van der Waals surface area contributed by atoms with E-state index in [-0.39, 0.29) is 10.7 Å². The van der Waals surface area contributed by atoms with E-state index in [4.69, 9.17) is 16.3 Å². The van der Waals surface area contributed by atoms with Crippen LogP contribution in [-0.4, -0.2) is 42.5 Å². The first-order chi connectivity index (χ1) is 8.66. The number of halogens is 1. The molecule has 0 atom stereocenters. The Kier molecular flexibility index (Phi) is 4.11. The van der Waals surface area contributed by atoms with Crippen LogP contribution in [0.15, 0.2) is 23.3 Å². The van der Waals surface area contributed by atoms with Crippen molar-refractivity contribution in [3.63, 3.8) is 0 Å². The molecule has 1 fully saturated rings. The summed E-state index contributed by atoms with van der Waals surface area (Å²) in [4.78, 5) is 10.2. The van der Waals surface area contributed by atoms with Gasteiger partial charge in [-0.3, -0.25) is 15.1 Å². The van der Waals surface area contributed by atoms with Gasteiger partial charge >= 0.3 is 0 Å². The fraction of sp³-hybridized carbons (Fsp3) is 0.364. The normalized spacial score (nSPS) is 16.2. The Bertz CT molecular complexity index is 473. The van der Waals surface area contributed by atoms with Crippen LogP contribution in [0.25, 0.3) is 0 Å². The smallest absolute Gasteiger partial charge is 0.288 e. The molecular weight excluding hydrogens is 258 g/mol. The topological polar surface area (TPSA) is 68.0 Å². The molecule has 18 heavy (non-hydrogen) atoms. The van der Waals surface area contributed by atoms with Crippen molar-refractivity contribution in [2.45, 2.75) is 0 Å². The van der Waals surface area contributed by atoms with Crippen molar-refractivity contribution in [3.8, 4) is 0 Å². The number of benzene rings is 1. The molecule has 7 heteroatoms. The van der Waals surface area contributed by atoms with Gasteiger partial charge in [0.1, 0.15) is 5.02 Å². The Morgan fingerprint density at radius 3 is 2.83 bits per heavy atom. The van der Waals surface area contributed by atoms with E-state index in [1.807, 2.05) is 5.01 Å². The molecule has 0 saturated carbocycles. The van der Waals surface area contributed by atoms with Crippen LogP contribution in [0.1, 0.15) is 5.56 Å². The highest BCUT2D eigenvalue weighted by Gasteiger charge is 2.12. The zero-order valence-corrected chi connectivity index (χ0v) is 10.3. The molecule has 0 aliphatic carbocycles. The summed E-state index contributed by atoms with van der Waals surface area (Å²) in [5, 5.41) is 17.0. The highest BCUT2D eigenvalue weighted by Crippen LogP contribution is 2.24. The summed E-state index contributed by atoms with van der Waals surface area (Å²) < 4.78 is 5.20. The van der Waals surface area contributed by atoms with Gasteiger partial charge in [0.2, 0.25) is 0 Å². The van der Waals surface area contributed by atoms with E-state index in [0.717, 1.165) is 13.1 Å². The van der Waals surface area contributed by atoms with Crippen molar-refractivity contribution >= 4 is 23.5 Å². The first kappa shape index (κ1) is 12.8. The maximum absolute atomic E-state index is 10.7. The fourth-order valence-electron chi connectivity index (χ4n) is 1.57. The molecule has 1 aromatic rings.